The molecule has 0 saturated carbocycles. The van der Waals surface area contributed by atoms with Crippen LogP contribution < -0.4 is 9.47 Å². The summed E-state index contributed by atoms with van der Waals surface area (Å²) in [5.41, 5.74) is 2.20. The van der Waals surface area contributed by atoms with Crippen LogP contribution in [-0.2, 0) is 6.54 Å². The van der Waals surface area contributed by atoms with Crippen LogP contribution >= 0.6 is 11.8 Å². The van der Waals surface area contributed by atoms with Gasteiger partial charge in [-0.05, 0) is 23.6 Å². The fraction of sp³-hybridized carbons (Fsp3) is 0.300. The van der Waals surface area contributed by atoms with Crippen molar-refractivity contribution in [3.63, 3.8) is 0 Å². The van der Waals surface area contributed by atoms with Crippen LogP contribution in [0.5, 0.6) is 11.5 Å². The Bertz CT molecular complexity index is 893. The molecular formula is C20H21N3O2S. The summed E-state index contributed by atoms with van der Waals surface area (Å²) >= 11 is 1.75. The van der Waals surface area contributed by atoms with E-state index < -0.39 is 0 Å². The number of fused-ring (bicyclic) bond motifs is 1. The van der Waals surface area contributed by atoms with E-state index in [2.05, 4.69) is 46.8 Å². The van der Waals surface area contributed by atoms with Crippen LogP contribution in [0.3, 0.4) is 0 Å². The second-order valence-corrected chi connectivity index (χ2v) is 7.64. The minimum atomic E-state index is 0.288. The molecule has 5 nitrogen and oxygen atoms in total. The third-order valence-corrected chi connectivity index (χ3v) is 5.47. The van der Waals surface area contributed by atoms with Gasteiger partial charge in [-0.15, -0.1) is 10.2 Å². The molecule has 3 aromatic rings. The predicted octanol–water partition coefficient (Wildman–Crippen LogP) is 4.47. The standard InChI is InChI=1S/C20H21N3O2S/c1-14(2)12-26-20-22-21-19(16-6-4-3-5-7-16)23(20)11-15-8-9-17-18(10-15)25-13-24-17/h3-10,14H,11-13H2,1-2H3. The molecule has 0 fully saturated rings. The maximum Gasteiger partial charge on any atom is 0.231 e. The van der Waals surface area contributed by atoms with Crippen molar-refractivity contribution < 1.29 is 9.47 Å². The summed E-state index contributed by atoms with van der Waals surface area (Å²) in [6, 6.07) is 16.3. The summed E-state index contributed by atoms with van der Waals surface area (Å²) < 4.78 is 13.1. The van der Waals surface area contributed by atoms with Crippen LogP contribution in [-0.4, -0.2) is 27.3 Å². The minimum absolute atomic E-state index is 0.288. The van der Waals surface area contributed by atoms with E-state index in [1.807, 2.05) is 30.3 Å². The fourth-order valence-corrected chi connectivity index (χ4v) is 3.69. The summed E-state index contributed by atoms with van der Waals surface area (Å²) in [5, 5.41) is 9.86. The monoisotopic (exact) mass is 367 g/mol. The van der Waals surface area contributed by atoms with E-state index in [4.69, 9.17) is 9.47 Å². The number of benzene rings is 2. The number of aromatic nitrogens is 3. The molecule has 0 bridgehead atoms. The topological polar surface area (TPSA) is 49.2 Å². The molecule has 134 valence electrons. The van der Waals surface area contributed by atoms with Gasteiger partial charge in [0, 0.05) is 11.3 Å². The zero-order valence-electron chi connectivity index (χ0n) is 14.9. The molecule has 6 heteroatoms. The summed E-state index contributed by atoms with van der Waals surface area (Å²) in [4.78, 5) is 0. The molecule has 26 heavy (non-hydrogen) atoms. The molecule has 0 spiro atoms. The Kier molecular flexibility index (Phi) is 4.84. The Morgan fingerprint density at radius 1 is 1.04 bits per heavy atom. The summed E-state index contributed by atoms with van der Waals surface area (Å²) in [6.07, 6.45) is 0. The lowest BCUT2D eigenvalue weighted by atomic mass is 10.2. The SMILES string of the molecule is CC(C)CSc1nnc(-c2ccccc2)n1Cc1ccc2c(c1)OCO2. The number of hydrogen-bond acceptors (Lipinski definition) is 5. The average molecular weight is 367 g/mol. The predicted molar refractivity (Wildman–Crippen MR) is 103 cm³/mol. The number of rotatable bonds is 6. The molecule has 0 saturated heterocycles. The van der Waals surface area contributed by atoms with Crippen LogP contribution in [0, 0.1) is 5.92 Å². The van der Waals surface area contributed by atoms with Gasteiger partial charge in [0.1, 0.15) is 0 Å². The highest BCUT2D eigenvalue weighted by Gasteiger charge is 2.18. The van der Waals surface area contributed by atoms with E-state index in [0.29, 0.717) is 12.5 Å². The van der Waals surface area contributed by atoms with Gasteiger partial charge in [0.05, 0.1) is 6.54 Å². The van der Waals surface area contributed by atoms with Crippen LogP contribution in [0.25, 0.3) is 11.4 Å². The van der Waals surface area contributed by atoms with Gasteiger partial charge < -0.3 is 9.47 Å². The average Bonchev–Trinajstić information content (AvgIpc) is 3.27. The molecule has 0 atom stereocenters. The van der Waals surface area contributed by atoms with E-state index in [1.165, 1.54) is 0 Å². The van der Waals surface area contributed by atoms with Crippen molar-refractivity contribution in [1.29, 1.82) is 0 Å². The second kappa shape index (κ2) is 7.41. The Balaban J connectivity index is 1.68. The van der Waals surface area contributed by atoms with Crippen LogP contribution in [0.1, 0.15) is 19.4 Å². The normalized spacial score (nSPS) is 12.7. The summed E-state index contributed by atoms with van der Waals surface area (Å²) in [7, 11) is 0. The summed E-state index contributed by atoms with van der Waals surface area (Å²) in [6.45, 7) is 5.40. The first kappa shape index (κ1) is 17.0. The van der Waals surface area contributed by atoms with Gasteiger partial charge in [-0.3, -0.25) is 4.57 Å². The van der Waals surface area contributed by atoms with Crippen molar-refractivity contribution >= 4 is 11.8 Å². The Morgan fingerprint density at radius 2 is 1.85 bits per heavy atom. The molecule has 0 radical (unpaired) electrons. The number of ether oxygens (including phenoxy) is 2. The van der Waals surface area contributed by atoms with Gasteiger partial charge >= 0.3 is 0 Å². The number of hydrogen-bond donors (Lipinski definition) is 0. The van der Waals surface area contributed by atoms with Crippen LogP contribution in [0.2, 0.25) is 0 Å². The molecule has 2 aromatic carbocycles. The molecule has 0 N–H and O–H groups in total. The minimum Gasteiger partial charge on any atom is -0.454 e. The summed E-state index contributed by atoms with van der Waals surface area (Å²) in [5.74, 6) is 4.09. The highest BCUT2D eigenvalue weighted by atomic mass is 32.2. The van der Waals surface area contributed by atoms with Gasteiger partial charge in [-0.2, -0.15) is 0 Å². The Morgan fingerprint density at radius 3 is 2.65 bits per heavy atom. The smallest absolute Gasteiger partial charge is 0.231 e. The first-order valence-corrected chi connectivity index (χ1v) is 9.69. The Hall–Kier alpha value is -2.47. The van der Waals surface area contributed by atoms with E-state index in [1.54, 1.807) is 11.8 Å². The van der Waals surface area contributed by atoms with Crippen molar-refractivity contribution in [3.05, 3.63) is 54.1 Å². The molecule has 1 aliphatic rings. The van der Waals surface area contributed by atoms with Gasteiger partial charge in [0.25, 0.3) is 0 Å². The lowest BCUT2D eigenvalue weighted by Crippen LogP contribution is -2.05. The van der Waals surface area contributed by atoms with E-state index in [0.717, 1.165) is 39.4 Å². The van der Waals surface area contributed by atoms with Gasteiger partial charge in [0.2, 0.25) is 6.79 Å². The van der Waals surface area contributed by atoms with Crippen LogP contribution in [0.15, 0.2) is 53.7 Å². The van der Waals surface area contributed by atoms with E-state index >= 15 is 0 Å². The van der Waals surface area contributed by atoms with Crippen LogP contribution in [0.4, 0.5) is 0 Å². The lowest BCUT2D eigenvalue weighted by molar-refractivity contribution is 0.174. The zero-order valence-corrected chi connectivity index (χ0v) is 15.7. The van der Waals surface area contributed by atoms with Gasteiger partial charge in [0.15, 0.2) is 22.5 Å². The zero-order chi connectivity index (χ0) is 17.9. The first-order chi connectivity index (χ1) is 12.7. The molecule has 1 aliphatic heterocycles. The number of thioether (sulfide) groups is 1. The van der Waals surface area contributed by atoms with Crippen molar-refractivity contribution in [3.8, 4) is 22.9 Å². The molecule has 0 amide bonds. The van der Waals surface area contributed by atoms with Crippen molar-refractivity contribution in [2.24, 2.45) is 5.92 Å². The van der Waals surface area contributed by atoms with Gasteiger partial charge in [-0.25, -0.2) is 0 Å². The molecule has 0 unspecified atom stereocenters. The highest BCUT2D eigenvalue weighted by Crippen LogP contribution is 2.33. The first-order valence-electron chi connectivity index (χ1n) is 8.70. The maximum atomic E-state index is 5.51. The molecule has 2 heterocycles. The third-order valence-electron chi connectivity index (χ3n) is 4.07. The van der Waals surface area contributed by atoms with E-state index in [-0.39, 0.29) is 6.79 Å². The van der Waals surface area contributed by atoms with Gasteiger partial charge in [-0.1, -0.05) is 62.0 Å². The molecular weight excluding hydrogens is 346 g/mol. The van der Waals surface area contributed by atoms with E-state index in [9.17, 15) is 0 Å². The highest BCUT2D eigenvalue weighted by molar-refractivity contribution is 7.99. The second-order valence-electron chi connectivity index (χ2n) is 6.65. The maximum absolute atomic E-state index is 5.51. The lowest BCUT2D eigenvalue weighted by Gasteiger charge is -2.11. The molecule has 4 rings (SSSR count). The molecule has 1 aromatic heterocycles. The van der Waals surface area contributed by atoms with Crippen molar-refractivity contribution in [2.45, 2.75) is 25.5 Å². The Labute approximate surface area is 157 Å². The quantitative estimate of drug-likeness (QED) is 0.602. The fourth-order valence-electron chi connectivity index (χ4n) is 2.80. The molecule has 0 aliphatic carbocycles. The largest absolute Gasteiger partial charge is 0.454 e. The number of nitrogens with zero attached hydrogens (tertiary/aromatic N) is 3. The third kappa shape index (κ3) is 3.55. The van der Waals surface area contributed by atoms with Crippen molar-refractivity contribution in [1.82, 2.24) is 14.8 Å². The van der Waals surface area contributed by atoms with Crippen molar-refractivity contribution in [2.75, 3.05) is 12.5 Å².